The molecule has 1 fully saturated rings. The van der Waals surface area contributed by atoms with E-state index in [1.807, 2.05) is 17.9 Å². The number of carbonyl (C=O) groups is 1. The van der Waals surface area contributed by atoms with Crippen LogP contribution in [0.2, 0.25) is 0 Å². The van der Waals surface area contributed by atoms with E-state index in [1.165, 1.54) is 12.8 Å². The molecule has 3 nitrogen and oxygen atoms in total. The van der Waals surface area contributed by atoms with Crippen LogP contribution in [-0.2, 0) is 0 Å². The third-order valence-corrected chi connectivity index (χ3v) is 3.83. The zero-order valence-electron chi connectivity index (χ0n) is 10.7. The molecule has 2 rings (SSSR count). The van der Waals surface area contributed by atoms with Crippen LogP contribution < -0.4 is 0 Å². The predicted molar refractivity (Wildman–Crippen MR) is 76.1 cm³/mol. The predicted octanol–water partition coefficient (Wildman–Crippen LogP) is 3.17. The van der Waals surface area contributed by atoms with Crippen molar-refractivity contribution in [1.29, 1.82) is 0 Å². The van der Waals surface area contributed by atoms with E-state index in [9.17, 15) is 4.79 Å². The van der Waals surface area contributed by atoms with Crippen LogP contribution in [0.15, 0.2) is 18.5 Å². The Balaban J connectivity index is 2.17. The zero-order chi connectivity index (χ0) is 13.0. The van der Waals surface area contributed by atoms with E-state index in [-0.39, 0.29) is 5.91 Å². The van der Waals surface area contributed by atoms with Gasteiger partial charge in [-0.3, -0.25) is 9.78 Å². The number of pyridine rings is 1. The maximum absolute atomic E-state index is 12.5. The quantitative estimate of drug-likeness (QED) is 0.800. The number of nitrogens with zero attached hydrogens (tertiary/aromatic N) is 2. The van der Waals surface area contributed by atoms with Crippen LogP contribution >= 0.6 is 15.9 Å². The van der Waals surface area contributed by atoms with Gasteiger partial charge in [-0.05, 0) is 31.4 Å². The SMILES string of the molecule is Cc1cncc(C(=O)N(CCBr)C2CCCC2)c1. The van der Waals surface area contributed by atoms with Crippen LogP contribution in [0, 0.1) is 6.92 Å². The molecule has 98 valence electrons. The van der Waals surface area contributed by atoms with Crippen LogP contribution in [-0.4, -0.2) is 33.7 Å². The van der Waals surface area contributed by atoms with E-state index < -0.39 is 0 Å². The van der Waals surface area contributed by atoms with Crippen molar-refractivity contribution in [1.82, 2.24) is 9.88 Å². The van der Waals surface area contributed by atoms with Gasteiger partial charge in [-0.2, -0.15) is 0 Å². The van der Waals surface area contributed by atoms with Crippen molar-refractivity contribution in [2.45, 2.75) is 38.6 Å². The number of alkyl halides is 1. The van der Waals surface area contributed by atoms with Crippen LogP contribution in [0.5, 0.6) is 0 Å². The molecule has 1 heterocycles. The summed E-state index contributed by atoms with van der Waals surface area (Å²) in [5, 5.41) is 0.828. The Kier molecular flexibility index (Phi) is 4.75. The first-order valence-electron chi connectivity index (χ1n) is 6.51. The van der Waals surface area contributed by atoms with Gasteiger partial charge in [0.25, 0.3) is 5.91 Å². The third kappa shape index (κ3) is 3.10. The Morgan fingerprint density at radius 2 is 2.17 bits per heavy atom. The largest absolute Gasteiger partial charge is 0.335 e. The van der Waals surface area contributed by atoms with Gasteiger partial charge in [-0.1, -0.05) is 28.8 Å². The normalized spacial score (nSPS) is 15.9. The van der Waals surface area contributed by atoms with Crippen molar-refractivity contribution in [2.75, 3.05) is 11.9 Å². The molecule has 4 heteroatoms. The van der Waals surface area contributed by atoms with Crippen LogP contribution in [0.4, 0.5) is 0 Å². The molecule has 0 spiro atoms. The second-order valence-corrected chi connectivity index (χ2v) is 5.67. The molecule has 1 aromatic rings. The first-order chi connectivity index (χ1) is 8.72. The lowest BCUT2D eigenvalue weighted by molar-refractivity contribution is 0.0696. The minimum atomic E-state index is 0.123. The number of hydrogen-bond acceptors (Lipinski definition) is 2. The summed E-state index contributed by atoms with van der Waals surface area (Å²) in [5.41, 5.74) is 1.74. The van der Waals surface area contributed by atoms with Gasteiger partial charge in [-0.15, -0.1) is 0 Å². The lowest BCUT2D eigenvalue weighted by Crippen LogP contribution is -2.40. The fourth-order valence-corrected chi connectivity index (χ4v) is 2.98. The van der Waals surface area contributed by atoms with Crippen LogP contribution in [0.1, 0.15) is 41.6 Å². The minimum absolute atomic E-state index is 0.123. The minimum Gasteiger partial charge on any atom is -0.335 e. The van der Waals surface area contributed by atoms with E-state index in [0.29, 0.717) is 11.6 Å². The summed E-state index contributed by atoms with van der Waals surface area (Å²) in [6.07, 6.45) is 8.20. The monoisotopic (exact) mass is 310 g/mol. The highest BCUT2D eigenvalue weighted by Crippen LogP contribution is 2.25. The Bertz CT molecular complexity index is 416. The highest BCUT2D eigenvalue weighted by atomic mass is 79.9. The first kappa shape index (κ1) is 13.5. The van der Waals surface area contributed by atoms with Gasteiger partial charge in [0, 0.05) is 30.3 Å². The summed E-state index contributed by atoms with van der Waals surface area (Å²) >= 11 is 3.44. The van der Waals surface area contributed by atoms with Crippen molar-refractivity contribution >= 4 is 21.8 Å². The van der Waals surface area contributed by atoms with E-state index in [0.717, 1.165) is 30.3 Å². The molecule has 18 heavy (non-hydrogen) atoms. The number of aromatic nitrogens is 1. The lowest BCUT2D eigenvalue weighted by Gasteiger charge is -2.28. The molecule has 1 saturated carbocycles. The maximum Gasteiger partial charge on any atom is 0.255 e. The molecule has 0 bridgehead atoms. The van der Waals surface area contributed by atoms with Gasteiger partial charge in [0.2, 0.25) is 0 Å². The molecule has 1 amide bonds. The van der Waals surface area contributed by atoms with Crippen molar-refractivity contribution in [3.8, 4) is 0 Å². The molecule has 0 radical (unpaired) electrons. The summed E-state index contributed by atoms with van der Waals surface area (Å²) in [7, 11) is 0. The summed E-state index contributed by atoms with van der Waals surface area (Å²) in [5.74, 6) is 0.123. The van der Waals surface area contributed by atoms with Crippen molar-refractivity contribution < 1.29 is 4.79 Å². The average molecular weight is 311 g/mol. The van der Waals surface area contributed by atoms with E-state index >= 15 is 0 Å². The topological polar surface area (TPSA) is 33.2 Å². The molecule has 0 unspecified atom stereocenters. The van der Waals surface area contributed by atoms with Gasteiger partial charge in [0.05, 0.1) is 5.56 Å². The summed E-state index contributed by atoms with van der Waals surface area (Å²) in [4.78, 5) is 18.7. The summed E-state index contributed by atoms with van der Waals surface area (Å²) in [6, 6.07) is 2.33. The smallest absolute Gasteiger partial charge is 0.255 e. The molecular formula is C14H19BrN2O. The number of rotatable bonds is 4. The summed E-state index contributed by atoms with van der Waals surface area (Å²) < 4.78 is 0. The van der Waals surface area contributed by atoms with E-state index in [1.54, 1.807) is 12.4 Å². The van der Waals surface area contributed by atoms with E-state index in [4.69, 9.17) is 0 Å². The Morgan fingerprint density at radius 3 is 2.78 bits per heavy atom. The van der Waals surface area contributed by atoms with Crippen molar-refractivity contribution in [3.05, 3.63) is 29.6 Å². The number of halogens is 1. The van der Waals surface area contributed by atoms with Crippen molar-refractivity contribution in [2.24, 2.45) is 0 Å². The standard InChI is InChI=1S/C14H19BrN2O/c1-11-8-12(10-16-9-11)14(18)17(7-6-15)13-4-2-3-5-13/h8-10,13H,2-7H2,1H3. The average Bonchev–Trinajstić information content (AvgIpc) is 2.89. The van der Waals surface area contributed by atoms with E-state index in [2.05, 4.69) is 20.9 Å². The third-order valence-electron chi connectivity index (χ3n) is 3.47. The highest BCUT2D eigenvalue weighted by Gasteiger charge is 2.26. The molecular weight excluding hydrogens is 292 g/mol. The fraction of sp³-hybridized carbons (Fsp3) is 0.571. The van der Waals surface area contributed by atoms with Gasteiger partial charge in [0.15, 0.2) is 0 Å². The van der Waals surface area contributed by atoms with Crippen molar-refractivity contribution in [3.63, 3.8) is 0 Å². The Labute approximate surface area is 117 Å². The van der Waals surface area contributed by atoms with Crippen LogP contribution in [0.3, 0.4) is 0 Å². The molecule has 0 aliphatic heterocycles. The molecule has 0 aromatic carbocycles. The molecule has 1 aliphatic rings. The van der Waals surface area contributed by atoms with Crippen LogP contribution in [0.25, 0.3) is 0 Å². The highest BCUT2D eigenvalue weighted by molar-refractivity contribution is 9.09. The first-order valence-corrected chi connectivity index (χ1v) is 7.63. The van der Waals surface area contributed by atoms with Gasteiger partial charge in [-0.25, -0.2) is 0 Å². The maximum atomic E-state index is 12.5. The molecule has 1 aliphatic carbocycles. The molecule has 1 aromatic heterocycles. The number of carbonyl (C=O) groups excluding carboxylic acids is 1. The number of aryl methyl sites for hydroxylation is 1. The second-order valence-electron chi connectivity index (χ2n) is 4.88. The second kappa shape index (κ2) is 6.32. The number of hydrogen-bond donors (Lipinski definition) is 0. The van der Waals surface area contributed by atoms with Gasteiger partial charge < -0.3 is 4.90 Å². The molecule has 0 N–H and O–H groups in total. The number of amides is 1. The zero-order valence-corrected chi connectivity index (χ0v) is 12.3. The Hall–Kier alpha value is -0.900. The Morgan fingerprint density at radius 1 is 1.44 bits per heavy atom. The van der Waals surface area contributed by atoms with Gasteiger partial charge in [0.1, 0.15) is 0 Å². The lowest BCUT2D eigenvalue weighted by atomic mass is 10.1. The fourth-order valence-electron chi connectivity index (χ4n) is 2.59. The van der Waals surface area contributed by atoms with Gasteiger partial charge >= 0.3 is 0 Å². The molecule has 0 atom stereocenters. The summed E-state index contributed by atoms with van der Waals surface area (Å²) in [6.45, 7) is 2.74. The molecule has 0 saturated heterocycles.